The highest BCUT2D eigenvalue weighted by Crippen LogP contribution is 2.26. The van der Waals surface area contributed by atoms with Crippen LogP contribution in [0, 0.1) is 0 Å². The first-order chi connectivity index (χ1) is 11.6. The van der Waals surface area contributed by atoms with Crippen LogP contribution in [0.4, 0.5) is 0 Å². The van der Waals surface area contributed by atoms with Crippen LogP contribution in [0.3, 0.4) is 0 Å². The number of hydrogen-bond acceptors (Lipinski definition) is 6. The monoisotopic (exact) mass is 356 g/mol. The van der Waals surface area contributed by atoms with E-state index >= 15 is 0 Å². The van der Waals surface area contributed by atoms with Gasteiger partial charge in [-0.25, -0.2) is 4.79 Å². The Hall–Kier alpha value is -3.07. The summed E-state index contributed by atoms with van der Waals surface area (Å²) in [4.78, 5) is 30.5. The summed E-state index contributed by atoms with van der Waals surface area (Å²) in [5.74, 6) is -4.34. The maximum Gasteiger partial charge on any atom is 0.336 e. The first kappa shape index (κ1) is 21.9. The van der Waals surface area contributed by atoms with Gasteiger partial charge in [0.05, 0.1) is 20.0 Å². The number of aliphatic carboxylic acids is 3. The molecule has 9 heteroatoms. The standard InChI is InChI=1S/C10H12O2.C6H8O7/c1-3-4-8-5-6-9(11)10(7-8)12-2;7-3(8)1-6(13,5(11)12)2-4(9)10/h3,5-7,11H,1,4H2,2H3;13H,1-2H2,(H,7,8)(H,9,10)(H,11,12). The zero-order valence-electron chi connectivity index (χ0n) is 13.5. The molecule has 5 N–H and O–H groups in total. The molecule has 25 heavy (non-hydrogen) atoms. The molecule has 138 valence electrons. The van der Waals surface area contributed by atoms with Crippen LogP contribution in [0.25, 0.3) is 0 Å². The molecule has 0 aliphatic heterocycles. The zero-order chi connectivity index (χ0) is 19.6. The molecule has 1 aromatic carbocycles. The molecule has 0 radical (unpaired) electrons. The van der Waals surface area contributed by atoms with Crippen LogP contribution in [0.15, 0.2) is 30.9 Å². The normalized spacial score (nSPS) is 10.2. The molecule has 9 nitrogen and oxygen atoms in total. The van der Waals surface area contributed by atoms with Crippen LogP contribution in [-0.4, -0.2) is 56.2 Å². The number of carboxylic acid groups (broad SMARTS) is 3. The minimum atomic E-state index is -2.74. The summed E-state index contributed by atoms with van der Waals surface area (Å²) in [6, 6.07) is 5.27. The Morgan fingerprint density at radius 3 is 2.04 bits per heavy atom. The molecule has 1 aromatic rings. The van der Waals surface area contributed by atoms with Crippen LogP contribution in [-0.2, 0) is 20.8 Å². The number of ether oxygens (including phenoxy) is 1. The molecular weight excluding hydrogens is 336 g/mol. The molecular formula is C16H20O9. The van der Waals surface area contributed by atoms with E-state index in [1.54, 1.807) is 12.1 Å². The average molecular weight is 356 g/mol. The predicted molar refractivity (Wildman–Crippen MR) is 85.7 cm³/mol. The Bertz CT molecular complexity index is 620. The second-order valence-electron chi connectivity index (χ2n) is 4.98. The van der Waals surface area contributed by atoms with Crippen molar-refractivity contribution in [1.82, 2.24) is 0 Å². The third-order valence-corrected chi connectivity index (χ3v) is 2.91. The van der Waals surface area contributed by atoms with E-state index in [9.17, 15) is 19.5 Å². The fourth-order valence-corrected chi connectivity index (χ4v) is 1.73. The topological polar surface area (TPSA) is 162 Å². The van der Waals surface area contributed by atoms with E-state index in [-0.39, 0.29) is 5.75 Å². The van der Waals surface area contributed by atoms with Crippen LogP contribution in [0.2, 0.25) is 0 Å². The summed E-state index contributed by atoms with van der Waals surface area (Å²) in [6.45, 7) is 3.63. The molecule has 0 amide bonds. The van der Waals surface area contributed by atoms with E-state index in [0.29, 0.717) is 5.75 Å². The maximum atomic E-state index is 10.3. The molecule has 0 aliphatic rings. The summed E-state index contributed by atoms with van der Waals surface area (Å²) in [5, 5.41) is 43.1. The van der Waals surface area contributed by atoms with Gasteiger partial charge in [-0.3, -0.25) is 9.59 Å². The summed E-state index contributed by atoms with van der Waals surface area (Å²) in [6.07, 6.45) is 0.311. The molecule has 0 spiro atoms. The van der Waals surface area contributed by atoms with E-state index in [0.717, 1.165) is 12.0 Å². The third-order valence-electron chi connectivity index (χ3n) is 2.91. The highest BCUT2D eigenvalue weighted by atomic mass is 16.5. The quantitative estimate of drug-likeness (QED) is 0.426. The van der Waals surface area contributed by atoms with Crippen molar-refractivity contribution in [3.05, 3.63) is 36.4 Å². The lowest BCUT2D eigenvalue weighted by Gasteiger charge is -2.18. The molecule has 0 aliphatic carbocycles. The summed E-state index contributed by atoms with van der Waals surface area (Å²) in [7, 11) is 1.53. The van der Waals surface area contributed by atoms with E-state index < -0.39 is 36.4 Å². The van der Waals surface area contributed by atoms with Gasteiger partial charge in [-0.1, -0.05) is 12.1 Å². The van der Waals surface area contributed by atoms with Crippen LogP contribution < -0.4 is 4.74 Å². The van der Waals surface area contributed by atoms with E-state index in [2.05, 4.69) is 6.58 Å². The van der Waals surface area contributed by atoms with Gasteiger partial charge in [0.15, 0.2) is 17.1 Å². The number of hydrogen-bond donors (Lipinski definition) is 5. The summed E-state index contributed by atoms with van der Waals surface area (Å²) < 4.78 is 4.95. The Morgan fingerprint density at radius 1 is 1.16 bits per heavy atom. The fraction of sp³-hybridized carbons (Fsp3) is 0.312. The number of aliphatic hydroxyl groups is 1. The minimum Gasteiger partial charge on any atom is -0.504 e. The fourth-order valence-electron chi connectivity index (χ4n) is 1.73. The van der Waals surface area contributed by atoms with Crippen molar-refractivity contribution in [2.45, 2.75) is 24.9 Å². The number of carboxylic acids is 3. The average Bonchev–Trinajstić information content (AvgIpc) is 2.48. The number of carbonyl (C=O) groups is 3. The van der Waals surface area contributed by atoms with Crippen molar-refractivity contribution in [1.29, 1.82) is 0 Å². The third kappa shape index (κ3) is 7.84. The Kier molecular flexibility index (Phi) is 8.71. The van der Waals surface area contributed by atoms with E-state index in [4.69, 9.17) is 25.2 Å². The number of rotatable bonds is 8. The maximum absolute atomic E-state index is 10.3. The number of phenolic OH excluding ortho intramolecular Hbond substituents is 1. The lowest BCUT2D eigenvalue weighted by molar-refractivity contribution is -0.170. The Labute approximate surface area is 143 Å². The SMILES string of the molecule is C=CCc1ccc(O)c(OC)c1.O=C(O)CC(O)(CC(=O)O)C(=O)O. The van der Waals surface area contributed by atoms with Gasteiger partial charge in [-0.2, -0.15) is 0 Å². The molecule has 0 unspecified atom stereocenters. The molecule has 0 fully saturated rings. The summed E-state index contributed by atoms with van der Waals surface area (Å²) >= 11 is 0. The van der Waals surface area contributed by atoms with E-state index in [1.165, 1.54) is 7.11 Å². The highest BCUT2D eigenvalue weighted by Gasteiger charge is 2.40. The van der Waals surface area contributed by atoms with Gasteiger partial charge in [-0.05, 0) is 24.1 Å². The molecule has 1 rings (SSSR count). The van der Waals surface area contributed by atoms with Gasteiger partial charge in [0.25, 0.3) is 0 Å². The van der Waals surface area contributed by atoms with Gasteiger partial charge < -0.3 is 30.3 Å². The predicted octanol–water partition coefficient (Wildman–Crippen LogP) is 0.881. The molecule has 0 bridgehead atoms. The highest BCUT2D eigenvalue weighted by molar-refractivity contribution is 5.88. The van der Waals surface area contributed by atoms with Gasteiger partial charge in [0, 0.05) is 0 Å². The first-order valence-corrected chi connectivity index (χ1v) is 6.92. The largest absolute Gasteiger partial charge is 0.504 e. The van der Waals surface area contributed by atoms with Crippen LogP contribution >= 0.6 is 0 Å². The number of benzene rings is 1. The van der Waals surface area contributed by atoms with Gasteiger partial charge >= 0.3 is 17.9 Å². The second kappa shape index (κ2) is 9.93. The van der Waals surface area contributed by atoms with Crippen molar-refractivity contribution < 1.29 is 44.7 Å². The van der Waals surface area contributed by atoms with Crippen molar-refractivity contribution in [2.24, 2.45) is 0 Å². The van der Waals surface area contributed by atoms with Gasteiger partial charge in [-0.15, -0.1) is 6.58 Å². The molecule has 0 saturated heterocycles. The van der Waals surface area contributed by atoms with Crippen molar-refractivity contribution in [3.63, 3.8) is 0 Å². The summed E-state index contributed by atoms with van der Waals surface area (Å²) in [5.41, 5.74) is -1.66. The molecule has 0 atom stereocenters. The lowest BCUT2D eigenvalue weighted by atomic mass is 9.96. The van der Waals surface area contributed by atoms with Gasteiger partial charge in [0.2, 0.25) is 0 Å². The lowest BCUT2D eigenvalue weighted by Crippen LogP contribution is -2.42. The molecule has 0 heterocycles. The first-order valence-electron chi connectivity index (χ1n) is 6.92. The van der Waals surface area contributed by atoms with Crippen LogP contribution in [0.1, 0.15) is 18.4 Å². The van der Waals surface area contributed by atoms with Crippen molar-refractivity contribution >= 4 is 17.9 Å². The van der Waals surface area contributed by atoms with Crippen LogP contribution in [0.5, 0.6) is 11.5 Å². The second-order valence-corrected chi connectivity index (χ2v) is 4.98. The Morgan fingerprint density at radius 2 is 1.68 bits per heavy atom. The van der Waals surface area contributed by atoms with Crippen molar-refractivity contribution in [2.75, 3.05) is 7.11 Å². The van der Waals surface area contributed by atoms with E-state index in [1.807, 2.05) is 12.1 Å². The smallest absolute Gasteiger partial charge is 0.336 e. The zero-order valence-corrected chi connectivity index (χ0v) is 13.5. The number of methoxy groups -OCH3 is 1. The number of allylic oxidation sites excluding steroid dienone is 1. The molecule has 0 saturated carbocycles. The number of phenols is 1. The van der Waals surface area contributed by atoms with Crippen molar-refractivity contribution in [3.8, 4) is 11.5 Å². The minimum absolute atomic E-state index is 0.172. The Balaban J connectivity index is 0.000000462. The molecule has 0 aromatic heterocycles. The number of aromatic hydroxyl groups is 1. The van der Waals surface area contributed by atoms with Gasteiger partial charge in [0.1, 0.15) is 0 Å².